The van der Waals surface area contributed by atoms with E-state index >= 15 is 0 Å². The molecule has 3 atom stereocenters. The molecule has 1 fully saturated rings. The average molecular weight is 269 g/mol. The van der Waals surface area contributed by atoms with Gasteiger partial charge in [0.05, 0.1) is 6.61 Å². The Morgan fingerprint density at radius 2 is 2.06 bits per heavy atom. The van der Waals surface area contributed by atoms with Crippen LogP contribution in [0.5, 0.6) is 11.5 Å². The first-order valence-electron chi connectivity index (χ1n) is 6.63. The molecule has 0 N–H and O–H groups in total. The number of benzene rings is 1. The van der Waals surface area contributed by atoms with Gasteiger partial charge in [0, 0.05) is 23.3 Å². The molecule has 18 heavy (non-hydrogen) atoms. The summed E-state index contributed by atoms with van der Waals surface area (Å²) in [6, 6.07) is 7.82. The van der Waals surface area contributed by atoms with Crippen LogP contribution in [0.15, 0.2) is 24.3 Å². The summed E-state index contributed by atoms with van der Waals surface area (Å²) in [6.07, 6.45) is 2.17. The average Bonchev–Trinajstić information content (AvgIpc) is 2.38. The molecule has 0 aromatic heterocycles. The summed E-state index contributed by atoms with van der Waals surface area (Å²) < 4.78 is 11.5. The summed E-state index contributed by atoms with van der Waals surface area (Å²) in [7, 11) is 0. The molecule has 1 aliphatic rings. The molecule has 100 valence electrons. The van der Waals surface area contributed by atoms with Crippen molar-refractivity contribution in [2.45, 2.75) is 45.1 Å². The lowest BCUT2D eigenvalue weighted by Crippen LogP contribution is -2.55. The third-order valence-corrected chi connectivity index (χ3v) is 4.71. The lowest BCUT2D eigenvalue weighted by molar-refractivity contribution is -0.0295. The molecule has 1 aromatic rings. The zero-order chi connectivity index (χ0) is 13.2. The van der Waals surface area contributed by atoms with Crippen LogP contribution in [-0.2, 0) is 0 Å². The van der Waals surface area contributed by atoms with Crippen LogP contribution >= 0.6 is 11.6 Å². The molecule has 2 nitrogen and oxygen atoms in total. The highest BCUT2D eigenvalue weighted by molar-refractivity contribution is 6.21. The maximum atomic E-state index is 6.29. The van der Waals surface area contributed by atoms with E-state index in [1.54, 1.807) is 0 Å². The first-order valence-corrected chi connectivity index (χ1v) is 7.07. The van der Waals surface area contributed by atoms with E-state index in [9.17, 15) is 0 Å². The molecular weight excluding hydrogens is 248 g/mol. The van der Waals surface area contributed by atoms with Gasteiger partial charge in [-0.25, -0.2) is 0 Å². The summed E-state index contributed by atoms with van der Waals surface area (Å²) in [5.74, 6) is 1.73. The third-order valence-electron chi connectivity index (χ3n) is 4.03. The van der Waals surface area contributed by atoms with Gasteiger partial charge in [0.2, 0.25) is 0 Å². The van der Waals surface area contributed by atoms with E-state index in [1.807, 2.05) is 31.2 Å². The topological polar surface area (TPSA) is 18.5 Å². The van der Waals surface area contributed by atoms with Gasteiger partial charge in [0.25, 0.3) is 0 Å². The van der Waals surface area contributed by atoms with Crippen LogP contribution < -0.4 is 9.47 Å². The Labute approximate surface area is 114 Å². The maximum Gasteiger partial charge on any atom is 0.123 e. The molecule has 0 bridgehead atoms. The van der Waals surface area contributed by atoms with E-state index in [0.29, 0.717) is 6.61 Å². The van der Waals surface area contributed by atoms with Crippen molar-refractivity contribution in [3.8, 4) is 11.5 Å². The fourth-order valence-corrected chi connectivity index (χ4v) is 2.82. The van der Waals surface area contributed by atoms with Gasteiger partial charge in [-0.15, -0.1) is 11.6 Å². The SMILES string of the molecule is CCOc1cccc(OC2CC(Cl)C2(C)CC)c1. The molecule has 0 saturated heterocycles. The largest absolute Gasteiger partial charge is 0.494 e. The molecule has 1 aromatic carbocycles. The van der Waals surface area contributed by atoms with Gasteiger partial charge in [-0.05, 0) is 25.5 Å². The molecule has 1 aliphatic carbocycles. The van der Waals surface area contributed by atoms with Gasteiger partial charge < -0.3 is 9.47 Å². The minimum absolute atomic E-state index is 0.0865. The highest BCUT2D eigenvalue weighted by Crippen LogP contribution is 2.49. The molecule has 3 heteroatoms. The van der Waals surface area contributed by atoms with E-state index in [1.165, 1.54) is 0 Å². The summed E-state index contributed by atoms with van der Waals surface area (Å²) >= 11 is 6.29. The van der Waals surface area contributed by atoms with Gasteiger partial charge in [-0.3, -0.25) is 0 Å². The van der Waals surface area contributed by atoms with Crippen molar-refractivity contribution in [1.29, 1.82) is 0 Å². The maximum absolute atomic E-state index is 6.29. The standard InChI is InChI=1S/C15H21ClO2/c1-4-15(3)13(16)10-14(15)18-12-8-6-7-11(9-12)17-5-2/h6-9,13-14H,4-5,10H2,1-3H3. The highest BCUT2D eigenvalue weighted by atomic mass is 35.5. The van der Waals surface area contributed by atoms with Crippen molar-refractivity contribution in [2.24, 2.45) is 5.41 Å². The second-order valence-corrected chi connectivity index (χ2v) is 5.60. The van der Waals surface area contributed by atoms with Gasteiger partial charge in [0.15, 0.2) is 0 Å². The van der Waals surface area contributed by atoms with E-state index in [-0.39, 0.29) is 16.9 Å². The molecule has 0 heterocycles. The van der Waals surface area contributed by atoms with Gasteiger partial charge in [-0.1, -0.05) is 19.9 Å². The van der Waals surface area contributed by atoms with Crippen LogP contribution in [-0.4, -0.2) is 18.1 Å². The van der Waals surface area contributed by atoms with Gasteiger partial charge >= 0.3 is 0 Å². The molecule has 0 aliphatic heterocycles. The van der Waals surface area contributed by atoms with Crippen molar-refractivity contribution >= 4 is 11.6 Å². The first kappa shape index (κ1) is 13.5. The molecular formula is C15H21ClO2. The quantitative estimate of drug-likeness (QED) is 0.743. The second kappa shape index (κ2) is 5.40. The van der Waals surface area contributed by atoms with Crippen molar-refractivity contribution in [1.82, 2.24) is 0 Å². The fraction of sp³-hybridized carbons (Fsp3) is 0.600. The van der Waals surface area contributed by atoms with Gasteiger partial charge in [-0.2, -0.15) is 0 Å². The second-order valence-electron chi connectivity index (χ2n) is 5.08. The Balaban J connectivity index is 2.04. The van der Waals surface area contributed by atoms with Gasteiger partial charge in [0.1, 0.15) is 17.6 Å². The van der Waals surface area contributed by atoms with Crippen LogP contribution in [0.4, 0.5) is 0 Å². The van der Waals surface area contributed by atoms with E-state index < -0.39 is 0 Å². The minimum Gasteiger partial charge on any atom is -0.494 e. The van der Waals surface area contributed by atoms with Crippen molar-refractivity contribution in [2.75, 3.05) is 6.61 Å². The predicted molar refractivity (Wildman–Crippen MR) is 74.7 cm³/mol. The fourth-order valence-electron chi connectivity index (χ4n) is 2.37. The van der Waals surface area contributed by atoms with Crippen LogP contribution in [0.1, 0.15) is 33.6 Å². The molecule has 3 unspecified atom stereocenters. The van der Waals surface area contributed by atoms with Crippen molar-refractivity contribution in [3.05, 3.63) is 24.3 Å². The number of halogens is 1. The summed E-state index contributed by atoms with van der Waals surface area (Å²) in [4.78, 5) is 0. The van der Waals surface area contributed by atoms with E-state index in [0.717, 1.165) is 24.3 Å². The van der Waals surface area contributed by atoms with Crippen LogP contribution in [0.25, 0.3) is 0 Å². The summed E-state index contributed by atoms with van der Waals surface area (Å²) in [5.41, 5.74) is 0.0865. The predicted octanol–water partition coefficient (Wildman–Crippen LogP) is 4.26. The number of rotatable bonds is 5. The lowest BCUT2D eigenvalue weighted by Gasteiger charge is -2.50. The Hall–Kier alpha value is -0.890. The van der Waals surface area contributed by atoms with Crippen LogP contribution in [0.3, 0.4) is 0 Å². The zero-order valence-corrected chi connectivity index (χ0v) is 12.0. The molecule has 1 saturated carbocycles. The first-order chi connectivity index (χ1) is 8.60. The summed E-state index contributed by atoms with van der Waals surface area (Å²) in [6.45, 7) is 7.02. The number of alkyl halides is 1. The minimum atomic E-state index is 0.0865. The van der Waals surface area contributed by atoms with Crippen LogP contribution in [0.2, 0.25) is 0 Å². The van der Waals surface area contributed by atoms with E-state index in [2.05, 4.69) is 13.8 Å². The van der Waals surface area contributed by atoms with Crippen LogP contribution in [0, 0.1) is 5.41 Å². The monoisotopic (exact) mass is 268 g/mol. The van der Waals surface area contributed by atoms with Crippen molar-refractivity contribution < 1.29 is 9.47 Å². The smallest absolute Gasteiger partial charge is 0.123 e. The molecule has 0 spiro atoms. The highest BCUT2D eigenvalue weighted by Gasteiger charge is 2.51. The zero-order valence-electron chi connectivity index (χ0n) is 11.3. The third kappa shape index (κ3) is 2.44. The number of hydrogen-bond donors (Lipinski definition) is 0. The Kier molecular flexibility index (Phi) is 4.06. The molecule has 0 amide bonds. The number of ether oxygens (including phenoxy) is 2. The van der Waals surface area contributed by atoms with E-state index in [4.69, 9.17) is 21.1 Å². The molecule has 0 radical (unpaired) electrons. The Morgan fingerprint density at radius 3 is 2.67 bits per heavy atom. The normalized spacial score (nSPS) is 30.7. The Morgan fingerprint density at radius 1 is 1.33 bits per heavy atom. The van der Waals surface area contributed by atoms with Crippen molar-refractivity contribution in [3.63, 3.8) is 0 Å². The molecule has 2 rings (SSSR count). The lowest BCUT2D eigenvalue weighted by atomic mass is 9.65. The number of hydrogen-bond acceptors (Lipinski definition) is 2. The Bertz CT molecular complexity index is 407. The summed E-state index contributed by atoms with van der Waals surface area (Å²) in [5, 5.41) is 0.225.